The minimum absolute atomic E-state index is 0.152. The summed E-state index contributed by atoms with van der Waals surface area (Å²) in [6.45, 7) is 10.1. The number of hydrogen-bond acceptors (Lipinski definition) is 3. The van der Waals surface area contributed by atoms with Crippen molar-refractivity contribution >= 4 is 11.9 Å². The Balaban J connectivity index is 2.46. The van der Waals surface area contributed by atoms with E-state index in [0.29, 0.717) is 26.1 Å². The highest BCUT2D eigenvalue weighted by Gasteiger charge is 2.10. The molecule has 1 aromatic rings. The average molecular weight is 348 g/mol. The van der Waals surface area contributed by atoms with E-state index in [1.165, 1.54) is 0 Å². The molecule has 0 aliphatic carbocycles. The van der Waals surface area contributed by atoms with Gasteiger partial charge >= 0.3 is 0 Å². The summed E-state index contributed by atoms with van der Waals surface area (Å²) in [7, 11) is 1.97. The molecule has 0 aromatic heterocycles. The minimum Gasteiger partial charge on any atom is -0.492 e. The van der Waals surface area contributed by atoms with Crippen LogP contribution in [0.5, 0.6) is 5.75 Å². The zero-order valence-electron chi connectivity index (χ0n) is 16.0. The second-order valence-electron chi connectivity index (χ2n) is 5.63. The highest BCUT2D eigenvalue weighted by Crippen LogP contribution is 2.07. The molecule has 0 aliphatic heterocycles. The normalized spacial score (nSPS) is 11.1. The number of carbonyl (C=O) groups excluding carboxylic acids is 1. The Kier molecular flexibility index (Phi) is 10.1. The number of ether oxygens (including phenoxy) is 1. The van der Waals surface area contributed by atoms with Gasteiger partial charge in [-0.15, -0.1) is 0 Å². The molecule has 0 saturated carbocycles. The van der Waals surface area contributed by atoms with Crippen molar-refractivity contribution in [3.8, 4) is 5.75 Å². The number of para-hydroxylation sites is 1. The number of nitrogens with zero attached hydrogens (tertiary/aromatic N) is 3. The van der Waals surface area contributed by atoms with Crippen molar-refractivity contribution in [2.24, 2.45) is 4.99 Å². The maximum atomic E-state index is 12.0. The van der Waals surface area contributed by atoms with E-state index in [-0.39, 0.29) is 5.91 Å². The predicted octanol–water partition coefficient (Wildman–Crippen LogP) is 2.22. The fourth-order valence-electron chi connectivity index (χ4n) is 2.38. The first kappa shape index (κ1) is 20.8. The van der Waals surface area contributed by atoms with Gasteiger partial charge in [0.1, 0.15) is 12.4 Å². The van der Waals surface area contributed by atoms with Gasteiger partial charge in [0.25, 0.3) is 0 Å². The largest absolute Gasteiger partial charge is 0.492 e. The number of aliphatic imine (C=N–C) groups is 1. The van der Waals surface area contributed by atoms with Crippen molar-refractivity contribution in [2.75, 3.05) is 46.4 Å². The fraction of sp³-hybridized carbons (Fsp3) is 0.579. The Labute approximate surface area is 151 Å². The highest BCUT2D eigenvalue weighted by molar-refractivity contribution is 5.80. The Morgan fingerprint density at radius 2 is 1.84 bits per heavy atom. The van der Waals surface area contributed by atoms with Crippen LogP contribution in [-0.2, 0) is 4.79 Å². The maximum Gasteiger partial charge on any atom is 0.224 e. The number of rotatable bonds is 10. The van der Waals surface area contributed by atoms with Gasteiger partial charge < -0.3 is 19.9 Å². The van der Waals surface area contributed by atoms with Gasteiger partial charge in [0.15, 0.2) is 5.96 Å². The molecule has 1 N–H and O–H groups in total. The molecule has 0 fully saturated rings. The molecule has 6 nitrogen and oxygen atoms in total. The Morgan fingerprint density at radius 3 is 2.44 bits per heavy atom. The molecule has 25 heavy (non-hydrogen) atoms. The molecule has 140 valence electrons. The summed E-state index contributed by atoms with van der Waals surface area (Å²) in [5, 5.41) is 3.26. The van der Waals surface area contributed by atoms with Crippen molar-refractivity contribution in [1.29, 1.82) is 0 Å². The average Bonchev–Trinajstić information content (AvgIpc) is 2.63. The van der Waals surface area contributed by atoms with Crippen molar-refractivity contribution in [2.45, 2.75) is 27.2 Å². The first-order chi connectivity index (χ1) is 12.1. The van der Waals surface area contributed by atoms with Crippen molar-refractivity contribution < 1.29 is 9.53 Å². The number of carbonyl (C=O) groups is 1. The van der Waals surface area contributed by atoms with Crippen LogP contribution < -0.4 is 10.1 Å². The number of hydrogen-bond donors (Lipinski definition) is 1. The SMILES string of the molecule is CCNC(=NCCC(=O)N(CC)CC)N(C)CCOc1ccccc1. The van der Waals surface area contributed by atoms with Crippen LogP contribution in [0.15, 0.2) is 35.3 Å². The third-order valence-electron chi connectivity index (χ3n) is 3.84. The molecule has 0 heterocycles. The van der Waals surface area contributed by atoms with Gasteiger partial charge in [-0.1, -0.05) is 18.2 Å². The summed E-state index contributed by atoms with van der Waals surface area (Å²) in [6, 6.07) is 9.76. The standard InChI is InChI=1S/C19H32N4O2/c1-5-20-19(21-14-13-18(24)23(6-2)7-3)22(4)15-16-25-17-11-9-8-10-12-17/h8-12H,5-7,13-16H2,1-4H3,(H,20,21). The molecule has 6 heteroatoms. The van der Waals surface area contributed by atoms with Crippen LogP contribution >= 0.6 is 0 Å². The lowest BCUT2D eigenvalue weighted by Crippen LogP contribution is -2.41. The fourth-order valence-corrected chi connectivity index (χ4v) is 2.38. The van der Waals surface area contributed by atoms with Crippen LogP contribution in [0.4, 0.5) is 0 Å². The lowest BCUT2D eigenvalue weighted by atomic mass is 10.3. The Bertz CT molecular complexity index is 515. The van der Waals surface area contributed by atoms with Gasteiger partial charge in [-0.05, 0) is 32.9 Å². The van der Waals surface area contributed by atoms with Crippen molar-refractivity contribution in [3.05, 3.63) is 30.3 Å². The van der Waals surface area contributed by atoms with E-state index in [0.717, 1.165) is 31.3 Å². The molecule has 0 aliphatic rings. The predicted molar refractivity (Wildman–Crippen MR) is 103 cm³/mol. The zero-order chi connectivity index (χ0) is 18.5. The van der Waals surface area contributed by atoms with Crippen molar-refractivity contribution in [1.82, 2.24) is 15.1 Å². The van der Waals surface area contributed by atoms with Gasteiger partial charge in [0.2, 0.25) is 5.91 Å². The van der Waals surface area contributed by atoms with E-state index < -0.39 is 0 Å². The number of benzene rings is 1. The minimum atomic E-state index is 0.152. The zero-order valence-corrected chi connectivity index (χ0v) is 16.0. The van der Waals surface area contributed by atoms with Crippen LogP contribution in [0.3, 0.4) is 0 Å². The molecule has 1 aromatic carbocycles. The van der Waals surface area contributed by atoms with Gasteiger partial charge in [-0.3, -0.25) is 9.79 Å². The van der Waals surface area contributed by atoms with Crippen LogP contribution in [0.2, 0.25) is 0 Å². The van der Waals surface area contributed by atoms with E-state index in [9.17, 15) is 4.79 Å². The third kappa shape index (κ3) is 7.92. The Hall–Kier alpha value is -2.24. The first-order valence-electron chi connectivity index (χ1n) is 9.07. The topological polar surface area (TPSA) is 57.2 Å². The highest BCUT2D eigenvalue weighted by atomic mass is 16.5. The molecule has 0 atom stereocenters. The van der Waals surface area contributed by atoms with E-state index >= 15 is 0 Å². The van der Waals surface area contributed by atoms with Crippen LogP contribution in [0.25, 0.3) is 0 Å². The molecular formula is C19H32N4O2. The number of likely N-dealkylation sites (N-methyl/N-ethyl adjacent to an activating group) is 1. The second-order valence-corrected chi connectivity index (χ2v) is 5.63. The van der Waals surface area contributed by atoms with E-state index in [1.807, 2.05) is 68.0 Å². The quantitative estimate of drug-likeness (QED) is 0.520. The van der Waals surface area contributed by atoms with E-state index in [1.54, 1.807) is 0 Å². The summed E-state index contributed by atoms with van der Waals surface area (Å²) in [6.07, 6.45) is 0.435. The number of nitrogens with one attached hydrogen (secondary N) is 1. The molecule has 0 radical (unpaired) electrons. The van der Waals surface area contributed by atoms with Gasteiger partial charge in [-0.2, -0.15) is 0 Å². The summed E-state index contributed by atoms with van der Waals surface area (Å²) in [5.41, 5.74) is 0. The van der Waals surface area contributed by atoms with Crippen LogP contribution in [0.1, 0.15) is 27.2 Å². The van der Waals surface area contributed by atoms with Gasteiger partial charge in [0.05, 0.1) is 13.1 Å². The first-order valence-corrected chi connectivity index (χ1v) is 9.07. The molecule has 1 amide bonds. The maximum absolute atomic E-state index is 12.0. The van der Waals surface area contributed by atoms with Gasteiger partial charge in [-0.25, -0.2) is 0 Å². The van der Waals surface area contributed by atoms with E-state index in [4.69, 9.17) is 4.74 Å². The third-order valence-corrected chi connectivity index (χ3v) is 3.84. The monoisotopic (exact) mass is 348 g/mol. The summed E-state index contributed by atoms with van der Waals surface area (Å²) < 4.78 is 5.72. The molecule has 0 spiro atoms. The van der Waals surface area contributed by atoms with Crippen LogP contribution in [0, 0.1) is 0 Å². The summed E-state index contributed by atoms with van der Waals surface area (Å²) in [5.74, 6) is 1.81. The molecular weight excluding hydrogens is 316 g/mol. The molecule has 0 bridgehead atoms. The van der Waals surface area contributed by atoms with Gasteiger partial charge in [0, 0.05) is 33.1 Å². The lowest BCUT2D eigenvalue weighted by molar-refractivity contribution is -0.130. The number of guanidine groups is 1. The molecule has 1 rings (SSSR count). The smallest absolute Gasteiger partial charge is 0.224 e. The lowest BCUT2D eigenvalue weighted by Gasteiger charge is -2.22. The Morgan fingerprint density at radius 1 is 1.16 bits per heavy atom. The van der Waals surface area contributed by atoms with Crippen LogP contribution in [-0.4, -0.2) is 68.0 Å². The summed E-state index contributed by atoms with van der Waals surface area (Å²) >= 11 is 0. The second kappa shape index (κ2) is 12.2. The molecule has 0 saturated heterocycles. The number of amides is 1. The summed E-state index contributed by atoms with van der Waals surface area (Å²) in [4.78, 5) is 20.5. The van der Waals surface area contributed by atoms with Crippen molar-refractivity contribution in [3.63, 3.8) is 0 Å². The van der Waals surface area contributed by atoms with E-state index in [2.05, 4.69) is 10.3 Å². The molecule has 0 unspecified atom stereocenters.